The second kappa shape index (κ2) is 10.9. The molecule has 2 heterocycles. The zero-order chi connectivity index (χ0) is 24.0. The monoisotopic (exact) mass is 486 g/mol. The predicted octanol–water partition coefficient (Wildman–Crippen LogP) is 3.81. The van der Waals surface area contributed by atoms with E-state index in [-0.39, 0.29) is 27.1 Å². The molecule has 0 fully saturated rings. The molecular weight excluding hydrogens is 464 g/mol. The van der Waals surface area contributed by atoms with Crippen LogP contribution in [0, 0.1) is 6.92 Å². The fourth-order valence-electron chi connectivity index (χ4n) is 3.02. The Morgan fingerprint density at radius 1 is 1.15 bits per heavy atom. The van der Waals surface area contributed by atoms with Crippen molar-refractivity contribution in [2.75, 3.05) is 25.3 Å². The van der Waals surface area contributed by atoms with Crippen LogP contribution >= 0.6 is 23.1 Å². The normalized spacial score (nSPS) is 10.5. The minimum atomic E-state index is -0.653. The minimum absolute atomic E-state index is 0.00911. The van der Waals surface area contributed by atoms with Crippen LogP contribution in [0.5, 0.6) is 0 Å². The molecule has 0 bridgehead atoms. The Hall–Kier alpha value is -3.44. The number of aromatic nitrogens is 3. The lowest BCUT2D eigenvalue weighted by molar-refractivity contribution is -0.113. The van der Waals surface area contributed by atoms with Crippen molar-refractivity contribution in [3.8, 4) is 11.4 Å². The molecule has 0 unspecified atom stereocenters. The molecule has 0 atom stereocenters. The van der Waals surface area contributed by atoms with Gasteiger partial charge < -0.3 is 14.8 Å². The van der Waals surface area contributed by atoms with Gasteiger partial charge in [0.1, 0.15) is 9.88 Å². The number of hydrogen-bond acceptors (Lipinski definition) is 9. The van der Waals surface area contributed by atoms with E-state index < -0.39 is 11.9 Å². The third-order valence-corrected chi connectivity index (χ3v) is 6.71. The van der Waals surface area contributed by atoms with Crippen molar-refractivity contribution in [3.05, 3.63) is 59.0 Å². The molecule has 1 N–H and O–H groups in total. The van der Waals surface area contributed by atoms with Gasteiger partial charge in [0, 0.05) is 12.1 Å². The molecule has 1 amide bonds. The SMILES string of the molecule is C=CCn1c(SCC(=O)Nc2sc(C(=O)OC)c(C)c2C(=O)OC)nnc1-c1ccccc1. The first-order valence-corrected chi connectivity index (χ1v) is 11.5. The van der Waals surface area contributed by atoms with Crippen molar-refractivity contribution < 1.29 is 23.9 Å². The maximum absolute atomic E-state index is 12.7. The highest BCUT2D eigenvalue weighted by molar-refractivity contribution is 7.99. The number of hydrogen-bond donors (Lipinski definition) is 1. The Bertz CT molecular complexity index is 1190. The van der Waals surface area contributed by atoms with Gasteiger partial charge in [0.05, 0.1) is 25.5 Å². The van der Waals surface area contributed by atoms with Gasteiger partial charge >= 0.3 is 11.9 Å². The van der Waals surface area contributed by atoms with E-state index in [1.165, 1.54) is 26.0 Å². The van der Waals surface area contributed by atoms with E-state index in [0.717, 1.165) is 16.9 Å². The van der Waals surface area contributed by atoms with Crippen molar-refractivity contribution in [1.29, 1.82) is 0 Å². The van der Waals surface area contributed by atoms with Crippen LogP contribution in [0.3, 0.4) is 0 Å². The van der Waals surface area contributed by atoms with Gasteiger partial charge in [-0.2, -0.15) is 0 Å². The van der Waals surface area contributed by atoms with Crippen LogP contribution in [0.1, 0.15) is 25.6 Å². The molecule has 3 aromatic rings. The number of rotatable bonds is 9. The van der Waals surface area contributed by atoms with Crippen LogP contribution < -0.4 is 5.32 Å². The van der Waals surface area contributed by atoms with Gasteiger partial charge in [-0.3, -0.25) is 9.36 Å². The van der Waals surface area contributed by atoms with Gasteiger partial charge in [-0.05, 0) is 12.5 Å². The van der Waals surface area contributed by atoms with Gasteiger partial charge in [-0.1, -0.05) is 48.2 Å². The molecule has 0 aliphatic rings. The summed E-state index contributed by atoms with van der Waals surface area (Å²) in [6, 6.07) is 9.59. The van der Waals surface area contributed by atoms with E-state index in [2.05, 4.69) is 22.1 Å². The van der Waals surface area contributed by atoms with Crippen LogP contribution in [-0.4, -0.2) is 52.6 Å². The van der Waals surface area contributed by atoms with Crippen LogP contribution in [0.2, 0.25) is 0 Å². The van der Waals surface area contributed by atoms with Crippen molar-refractivity contribution in [2.24, 2.45) is 0 Å². The lowest BCUT2D eigenvalue weighted by Gasteiger charge is -2.08. The molecule has 0 radical (unpaired) electrons. The van der Waals surface area contributed by atoms with Crippen LogP contribution in [0.25, 0.3) is 11.4 Å². The first kappa shape index (κ1) is 24.2. The Labute approximate surface area is 198 Å². The molecule has 172 valence electrons. The first-order chi connectivity index (χ1) is 15.9. The van der Waals surface area contributed by atoms with Gasteiger partial charge in [0.2, 0.25) is 5.91 Å². The third kappa shape index (κ3) is 5.32. The van der Waals surface area contributed by atoms with Crippen molar-refractivity contribution in [1.82, 2.24) is 14.8 Å². The van der Waals surface area contributed by atoms with E-state index >= 15 is 0 Å². The maximum atomic E-state index is 12.7. The highest BCUT2D eigenvalue weighted by Gasteiger charge is 2.27. The number of thioether (sulfide) groups is 1. The average Bonchev–Trinajstić information content (AvgIpc) is 3.38. The van der Waals surface area contributed by atoms with E-state index in [4.69, 9.17) is 9.47 Å². The second-order valence-electron chi connectivity index (χ2n) is 6.65. The average molecular weight is 487 g/mol. The molecule has 1 aromatic carbocycles. The first-order valence-electron chi connectivity index (χ1n) is 9.73. The highest BCUT2D eigenvalue weighted by atomic mass is 32.2. The Balaban J connectivity index is 1.79. The standard InChI is InChI=1S/C22H22N4O5S2/c1-5-11-26-18(14-9-7-6-8-10-14)24-25-22(26)32-12-15(27)23-19-16(20(28)30-3)13(2)17(33-19)21(29)31-4/h5-10H,1,11-12H2,2-4H3,(H,23,27). The topological polar surface area (TPSA) is 112 Å². The van der Waals surface area contributed by atoms with Gasteiger partial charge in [-0.15, -0.1) is 28.1 Å². The smallest absolute Gasteiger partial charge is 0.348 e. The second-order valence-corrected chi connectivity index (χ2v) is 8.61. The van der Waals surface area contributed by atoms with E-state index in [0.29, 0.717) is 23.1 Å². The fourth-order valence-corrected chi connectivity index (χ4v) is 4.90. The molecule has 9 nitrogen and oxygen atoms in total. The van der Waals surface area contributed by atoms with Gasteiger partial charge in [0.15, 0.2) is 11.0 Å². The fraction of sp³-hybridized carbons (Fsp3) is 0.227. The summed E-state index contributed by atoms with van der Waals surface area (Å²) in [6.07, 6.45) is 1.73. The predicted molar refractivity (Wildman–Crippen MR) is 127 cm³/mol. The molecule has 11 heteroatoms. The summed E-state index contributed by atoms with van der Waals surface area (Å²) in [4.78, 5) is 37.2. The molecule has 2 aromatic heterocycles. The van der Waals surface area contributed by atoms with E-state index in [1.54, 1.807) is 13.0 Å². The van der Waals surface area contributed by atoms with Crippen LogP contribution in [-0.2, 0) is 20.8 Å². The van der Waals surface area contributed by atoms with Crippen molar-refractivity contribution in [3.63, 3.8) is 0 Å². The number of benzene rings is 1. The molecule has 0 aliphatic carbocycles. The maximum Gasteiger partial charge on any atom is 0.348 e. The summed E-state index contributed by atoms with van der Waals surface area (Å²) in [5.74, 6) is -0.946. The Morgan fingerprint density at radius 3 is 2.48 bits per heavy atom. The lowest BCUT2D eigenvalue weighted by atomic mass is 10.1. The van der Waals surface area contributed by atoms with Gasteiger partial charge in [-0.25, -0.2) is 9.59 Å². The summed E-state index contributed by atoms with van der Waals surface area (Å²) in [5, 5.41) is 12.0. The zero-order valence-corrected chi connectivity index (χ0v) is 19.9. The number of thiophene rings is 1. The Morgan fingerprint density at radius 2 is 1.85 bits per heavy atom. The number of anilines is 1. The quantitative estimate of drug-likeness (QED) is 0.276. The number of nitrogens with one attached hydrogen (secondary N) is 1. The molecule has 0 saturated heterocycles. The van der Waals surface area contributed by atoms with Gasteiger partial charge in [0.25, 0.3) is 0 Å². The summed E-state index contributed by atoms with van der Waals surface area (Å²) < 4.78 is 11.4. The zero-order valence-electron chi connectivity index (χ0n) is 18.3. The molecular formula is C22H22N4O5S2. The van der Waals surface area contributed by atoms with Crippen LogP contribution in [0.15, 0.2) is 48.1 Å². The van der Waals surface area contributed by atoms with E-state index in [9.17, 15) is 14.4 Å². The van der Waals surface area contributed by atoms with Crippen LogP contribution in [0.4, 0.5) is 5.00 Å². The molecule has 0 saturated carbocycles. The molecule has 3 rings (SSSR count). The number of esters is 2. The number of methoxy groups -OCH3 is 2. The number of carbonyl (C=O) groups is 3. The highest BCUT2D eigenvalue weighted by Crippen LogP contribution is 2.34. The molecule has 0 aliphatic heterocycles. The number of nitrogens with zero attached hydrogens (tertiary/aromatic N) is 3. The minimum Gasteiger partial charge on any atom is -0.465 e. The van der Waals surface area contributed by atoms with Crippen molar-refractivity contribution >= 4 is 45.9 Å². The number of ether oxygens (including phenoxy) is 2. The Kier molecular flexibility index (Phi) is 8.01. The molecule has 33 heavy (non-hydrogen) atoms. The number of amides is 1. The lowest BCUT2D eigenvalue weighted by Crippen LogP contribution is -2.16. The molecule has 0 spiro atoms. The number of allylic oxidation sites excluding steroid dienone is 1. The third-order valence-electron chi connectivity index (χ3n) is 4.55. The van der Waals surface area contributed by atoms with E-state index in [1.807, 2.05) is 34.9 Å². The summed E-state index contributed by atoms with van der Waals surface area (Å²) >= 11 is 2.16. The summed E-state index contributed by atoms with van der Waals surface area (Å²) in [5.41, 5.74) is 1.41. The number of carbonyl (C=O) groups excluding carboxylic acids is 3. The van der Waals surface area contributed by atoms with Crippen molar-refractivity contribution in [2.45, 2.75) is 18.6 Å². The summed E-state index contributed by atoms with van der Waals surface area (Å²) in [6.45, 7) is 5.86. The largest absolute Gasteiger partial charge is 0.465 e. The summed E-state index contributed by atoms with van der Waals surface area (Å²) in [7, 11) is 2.48.